The molecule has 0 aliphatic carbocycles. The highest BCUT2D eigenvalue weighted by molar-refractivity contribution is 7.79. The molecule has 7 nitrogen and oxygen atoms in total. The average molecular weight is 459 g/mol. The van der Waals surface area contributed by atoms with E-state index in [0.29, 0.717) is 11.7 Å². The van der Waals surface area contributed by atoms with E-state index in [9.17, 15) is 9.00 Å². The van der Waals surface area contributed by atoms with Crippen molar-refractivity contribution in [2.24, 2.45) is 0 Å². The summed E-state index contributed by atoms with van der Waals surface area (Å²) in [6.07, 6.45) is 0. The molecule has 0 saturated carbocycles. The van der Waals surface area contributed by atoms with E-state index in [4.69, 9.17) is 4.55 Å². The first kappa shape index (κ1) is 20.6. The summed E-state index contributed by atoms with van der Waals surface area (Å²) < 4.78 is 20.9. The normalized spacial score (nSPS) is 12.1. The van der Waals surface area contributed by atoms with E-state index in [0.717, 1.165) is 26.3 Å². The molecule has 1 amide bonds. The first-order chi connectivity index (χ1) is 14.5. The van der Waals surface area contributed by atoms with Gasteiger partial charge in [-0.25, -0.2) is 14.2 Å². The number of anilines is 2. The Kier molecular flexibility index (Phi) is 6.18. The van der Waals surface area contributed by atoms with Crippen LogP contribution in [-0.2, 0) is 17.6 Å². The molecule has 4 rings (SSSR count). The zero-order chi connectivity index (χ0) is 21.1. The minimum Gasteiger partial charge on any atom is -0.337 e. The molecule has 30 heavy (non-hydrogen) atoms. The number of benzene rings is 2. The third-order valence-corrected chi connectivity index (χ3v) is 6.57. The summed E-state index contributed by atoms with van der Waals surface area (Å²) in [5, 5.41) is 3.11. The van der Waals surface area contributed by atoms with Crippen LogP contribution in [-0.4, -0.2) is 30.5 Å². The summed E-state index contributed by atoms with van der Waals surface area (Å²) in [7, 11) is 0. The predicted molar refractivity (Wildman–Crippen MR) is 122 cm³/mol. The number of rotatable bonds is 7. The molecule has 0 spiro atoms. The zero-order valence-electron chi connectivity index (χ0n) is 15.9. The van der Waals surface area contributed by atoms with Crippen molar-refractivity contribution in [1.82, 2.24) is 15.3 Å². The third kappa shape index (κ3) is 4.57. The Balaban J connectivity index is 1.71. The molecule has 0 bridgehead atoms. The summed E-state index contributed by atoms with van der Waals surface area (Å²) in [4.78, 5) is 24.1. The van der Waals surface area contributed by atoms with E-state index in [-0.39, 0.29) is 11.6 Å². The summed E-state index contributed by atoms with van der Waals surface area (Å²) in [5.41, 5.74) is 5.08. The molecule has 154 valence electrons. The van der Waals surface area contributed by atoms with E-state index >= 15 is 0 Å². The number of fused-ring (bicyclic) bond motifs is 1. The molecular formula is C20H18N4O3S3. The first-order valence-corrected chi connectivity index (χ1v) is 12.0. The van der Waals surface area contributed by atoms with Crippen LogP contribution in [0.25, 0.3) is 10.2 Å². The molecule has 2 heterocycles. The minimum atomic E-state index is -2.11. The maximum atomic E-state index is 12.4. The molecular weight excluding hydrogens is 440 g/mol. The molecule has 2 aromatic carbocycles. The largest absolute Gasteiger partial charge is 0.337 e. The van der Waals surface area contributed by atoms with Crippen molar-refractivity contribution in [3.63, 3.8) is 0 Å². The molecule has 4 aromatic rings. The topological polar surface area (TPSA) is 95.4 Å². The SMILES string of the molecule is Cc1sc(N(Cc2ccccc2)c2ccc3ncsc3c2)nc1C(=O)NCS(=O)O. The standard InChI is InChI=1S/C20H18N4O3S3/c1-13-18(19(25)22-12-30(26)27)23-20(29-13)24(10-14-5-3-2-4-6-14)15-7-8-16-17(9-15)28-11-21-16/h2-9,11H,10,12H2,1H3,(H,22,25)(H,26,27). The quantitative estimate of drug-likeness (QED) is 0.401. The van der Waals surface area contributed by atoms with Crippen LogP contribution in [0.4, 0.5) is 10.8 Å². The number of amides is 1. The van der Waals surface area contributed by atoms with Crippen LogP contribution >= 0.6 is 22.7 Å². The third-order valence-electron chi connectivity index (χ3n) is 4.40. The summed E-state index contributed by atoms with van der Waals surface area (Å²) >= 11 is 0.876. The Bertz CT molecular complexity index is 1210. The highest BCUT2D eigenvalue weighted by Crippen LogP contribution is 2.35. The number of carbonyl (C=O) groups is 1. The number of aromatic nitrogens is 2. The van der Waals surface area contributed by atoms with Gasteiger partial charge in [0.1, 0.15) is 11.6 Å². The van der Waals surface area contributed by atoms with Crippen molar-refractivity contribution in [3.8, 4) is 0 Å². The molecule has 0 saturated heterocycles. The Labute approximate surface area is 183 Å². The van der Waals surface area contributed by atoms with Gasteiger partial charge in [0.05, 0.1) is 22.3 Å². The number of carbonyl (C=O) groups excluding carboxylic acids is 1. The number of hydrogen-bond acceptors (Lipinski definition) is 7. The number of nitrogens with zero attached hydrogens (tertiary/aromatic N) is 3. The van der Waals surface area contributed by atoms with Crippen LogP contribution in [0.5, 0.6) is 0 Å². The fourth-order valence-corrected chi connectivity index (χ4v) is 4.86. The fraction of sp³-hybridized carbons (Fsp3) is 0.150. The lowest BCUT2D eigenvalue weighted by atomic mass is 10.2. The molecule has 0 radical (unpaired) electrons. The highest BCUT2D eigenvalue weighted by atomic mass is 32.2. The Morgan fingerprint density at radius 2 is 2.03 bits per heavy atom. The van der Waals surface area contributed by atoms with Crippen LogP contribution in [0.1, 0.15) is 20.9 Å². The molecule has 2 aromatic heterocycles. The van der Waals surface area contributed by atoms with Crippen LogP contribution < -0.4 is 10.2 Å². The average Bonchev–Trinajstić information content (AvgIpc) is 3.37. The lowest BCUT2D eigenvalue weighted by Gasteiger charge is -2.22. The zero-order valence-corrected chi connectivity index (χ0v) is 18.4. The summed E-state index contributed by atoms with van der Waals surface area (Å²) in [6.45, 7) is 2.40. The van der Waals surface area contributed by atoms with Crippen LogP contribution in [0.15, 0.2) is 54.0 Å². The van der Waals surface area contributed by atoms with Gasteiger partial charge in [0.25, 0.3) is 5.91 Å². The molecule has 1 atom stereocenters. The number of nitrogens with one attached hydrogen (secondary N) is 1. The highest BCUT2D eigenvalue weighted by Gasteiger charge is 2.21. The number of aryl methyl sites for hydroxylation is 1. The van der Waals surface area contributed by atoms with Gasteiger partial charge in [-0.3, -0.25) is 4.79 Å². The summed E-state index contributed by atoms with van der Waals surface area (Å²) in [6, 6.07) is 16.1. The molecule has 0 fully saturated rings. The van der Waals surface area contributed by atoms with Crippen LogP contribution in [0, 0.1) is 6.92 Å². The Morgan fingerprint density at radius 1 is 1.23 bits per heavy atom. The first-order valence-electron chi connectivity index (χ1n) is 8.99. The van der Waals surface area contributed by atoms with Crippen LogP contribution in [0.3, 0.4) is 0 Å². The summed E-state index contributed by atoms with van der Waals surface area (Å²) in [5.74, 6) is -0.795. The lowest BCUT2D eigenvalue weighted by Crippen LogP contribution is -2.27. The Morgan fingerprint density at radius 3 is 2.80 bits per heavy atom. The van der Waals surface area contributed by atoms with Crippen molar-refractivity contribution in [1.29, 1.82) is 0 Å². The van der Waals surface area contributed by atoms with Crippen molar-refractivity contribution in [2.45, 2.75) is 13.5 Å². The molecule has 0 aliphatic heterocycles. The van der Waals surface area contributed by atoms with Gasteiger partial charge in [-0.1, -0.05) is 30.3 Å². The van der Waals surface area contributed by atoms with Gasteiger partial charge in [-0.05, 0) is 30.7 Å². The van der Waals surface area contributed by atoms with Gasteiger partial charge in [0.15, 0.2) is 16.2 Å². The van der Waals surface area contributed by atoms with Crippen LogP contribution in [0.2, 0.25) is 0 Å². The maximum Gasteiger partial charge on any atom is 0.271 e. The predicted octanol–water partition coefficient (Wildman–Crippen LogP) is 4.31. The smallest absolute Gasteiger partial charge is 0.271 e. The van der Waals surface area contributed by atoms with Gasteiger partial charge >= 0.3 is 0 Å². The molecule has 0 aliphatic rings. The van der Waals surface area contributed by atoms with E-state index in [1.54, 1.807) is 11.3 Å². The minimum absolute atomic E-state index is 0.261. The van der Waals surface area contributed by atoms with Gasteiger partial charge in [-0.2, -0.15) is 0 Å². The molecule has 10 heteroatoms. The van der Waals surface area contributed by atoms with E-state index in [2.05, 4.69) is 26.3 Å². The van der Waals surface area contributed by atoms with Gasteiger partial charge < -0.3 is 14.8 Å². The second-order valence-electron chi connectivity index (χ2n) is 6.45. The van der Waals surface area contributed by atoms with Crippen molar-refractivity contribution >= 4 is 60.7 Å². The second-order valence-corrected chi connectivity index (χ2v) is 9.45. The lowest BCUT2D eigenvalue weighted by molar-refractivity contribution is 0.0955. The second kappa shape index (κ2) is 9.00. The van der Waals surface area contributed by atoms with E-state index in [1.807, 2.05) is 54.9 Å². The monoisotopic (exact) mass is 458 g/mol. The fourth-order valence-electron chi connectivity index (χ4n) is 2.97. The Hall–Kier alpha value is -2.66. The van der Waals surface area contributed by atoms with Gasteiger partial charge in [0.2, 0.25) is 0 Å². The van der Waals surface area contributed by atoms with Crippen molar-refractivity contribution in [2.75, 3.05) is 10.8 Å². The van der Waals surface area contributed by atoms with Crippen molar-refractivity contribution in [3.05, 3.63) is 70.2 Å². The van der Waals surface area contributed by atoms with E-state index < -0.39 is 17.0 Å². The molecule has 2 N–H and O–H groups in total. The van der Waals surface area contributed by atoms with Gasteiger partial charge in [-0.15, -0.1) is 22.7 Å². The number of thiazole rings is 2. The van der Waals surface area contributed by atoms with E-state index in [1.165, 1.54) is 11.3 Å². The maximum absolute atomic E-state index is 12.4. The number of hydrogen-bond donors (Lipinski definition) is 2. The van der Waals surface area contributed by atoms with Crippen molar-refractivity contribution < 1.29 is 13.6 Å². The molecule has 1 unspecified atom stereocenters. The van der Waals surface area contributed by atoms with Gasteiger partial charge in [0, 0.05) is 10.6 Å².